The van der Waals surface area contributed by atoms with Crippen LogP contribution in [-0.4, -0.2) is 78.3 Å². The van der Waals surface area contributed by atoms with Crippen LogP contribution in [0.3, 0.4) is 0 Å². The summed E-state index contributed by atoms with van der Waals surface area (Å²) < 4.78 is 5.63. The fourth-order valence-electron chi connectivity index (χ4n) is 4.32. The smallest absolute Gasteiger partial charge is 0.392 e. The highest BCUT2D eigenvalue weighted by Gasteiger charge is 2.29. The summed E-state index contributed by atoms with van der Waals surface area (Å²) in [6, 6.07) is 5.07. The van der Waals surface area contributed by atoms with Gasteiger partial charge in [-0.05, 0) is 63.9 Å². The van der Waals surface area contributed by atoms with Crippen LogP contribution in [0.25, 0.3) is 10.6 Å². The summed E-state index contributed by atoms with van der Waals surface area (Å²) in [5.74, 6) is -1.58. The van der Waals surface area contributed by atoms with E-state index in [1.807, 2.05) is 0 Å². The van der Waals surface area contributed by atoms with Crippen molar-refractivity contribution >= 4 is 46.4 Å². The molecule has 6 N–H and O–H groups in total. The van der Waals surface area contributed by atoms with Gasteiger partial charge in [0.05, 0.1) is 30.3 Å². The van der Waals surface area contributed by atoms with E-state index in [4.69, 9.17) is 21.1 Å². The largest absolute Gasteiger partial charge is 0.494 e. The number of carbonyl (C=O) groups is 3. The third-order valence-corrected chi connectivity index (χ3v) is 7.88. The van der Waals surface area contributed by atoms with E-state index < -0.39 is 11.7 Å². The fourth-order valence-corrected chi connectivity index (χ4v) is 5.17. The second-order valence-corrected chi connectivity index (χ2v) is 11.0. The number of anilines is 1. The second kappa shape index (κ2) is 13.5. The molecular formula is C27H33N7O6S. The van der Waals surface area contributed by atoms with Gasteiger partial charge in [0, 0.05) is 18.5 Å². The molecular weight excluding hydrogens is 550 g/mol. The first kappa shape index (κ1) is 29.8. The standard InChI is InChI=1S/C27H33N7O6S/c1-34-10-8-15(9-11-34)13-30-25(36)20-14-31-26(41-20)17-4-3-5-18(23(17)39-2)32-19(22(29)27(37)40-38)12-21(28)33-24(35)16-6-7-16/h3-5,12,14-16,29,32,38H,6-11,13H2,1-2H3,(H,30,36)(H2,28,33,35)/b19-12+,29-22?. The lowest BCUT2D eigenvalue weighted by Gasteiger charge is -2.28. The van der Waals surface area contributed by atoms with Crippen molar-refractivity contribution in [2.75, 3.05) is 39.1 Å². The quantitative estimate of drug-likeness (QED) is 0.114. The van der Waals surface area contributed by atoms with Crippen molar-refractivity contribution in [2.45, 2.75) is 25.7 Å². The monoisotopic (exact) mass is 583 g/mol. The molecule has 14 heteroatoms. The molecule has 218 valence electrons. The van der Waals surface area contributed by atoms with E-state index >= 15 is 0 Å². The molecule has 13 nitrogen and oxygen atoms in total. The lowest BCUT2D eigenvalue weighted by Crippen LogP contribution is -2.36. The van der Waals surface area contributed by atoms with Gasteiger partial charge in [0.25, 0.3) is 11.8 Å². The summed E-state index contributed by atoms with van der Waals surface area (Å²) in [6.07, 6.45) is 6.19. The first-order chi connectivity index (χ1) is 19.7. The molecule has 0 atom stereocenters. The first-order valence-electron chi connectivity index (χ1n) is 13.1. The minimum absolute atomic E-state index is 0.170. The number of aliphatic imine (C=N–C) groups is 1. The molecule has 1 saturated carbocycles. The summed E-state index contributed by atoms with van der Waals surface area (Å²) in [7, 11) is 3.53. The zero-order chi connectivity index (χ0) is 29.5. The van der Waals surface area contributed by atoms with Crippen molar-refractivity contribution < 1.29 is 29.3 Å². The van der Waals surface area contributed by atoms with E-state index in [-0.39, 0.29) is 29.3 Å². The third-order valence-electron chi connectivity index (χ3n) is 6.85. The van der Waals surface area contributed by atoms with Crippen molar-refractivity contribution in [3.63, 3.8) is 0 Å². The Balaban J connectivity index is 1.54. The predicted octanol–water partition coefficient (Wildman–Crippen LogP) is 2.52. The van der Waals surface area contributed by atoms with Crippen molar-refractivity contribution in [3.05, 3.63) is 41.0 Å². The van der Waals surface area contributed by atoms with E-state index in [1.165, 1.54) is 24.6 Å². The van der Waals surface area contributed by atoms with Gasteiger partial charge < -0.3 is 26.0 Å². The number of rotatable bonds is 11. The number of nitrogens with one attached hydrogen (secondary N) is 3. The van der Waals surface area contributed by atoms with Gasteiger partial charge in [0.1, 0.15) is 15.7 Å². The molecule has 1 aliphatic carbocycles. The topological polar surface area (TPSA) is 192 Å². The van der Waals surface area contributed by atoms with Crippen LogP contribution >= 0.6 is 11.3 Å². The SMILES string of the molecule is COc1c(N/C(=C/C(N)=NC(=O)C2CC2)C(=N)C(=O)OO)cccc1-c1ncc(C(=O)NCC2CCN(C)CC2)s1. The first-order valence-corrected chi connectivity index (χ1v) is 13.9. The fraction of sp³-hybridized carbons (Fsp3) is 0.407. The van der Waals surface area contributed by atoms with Crippen LogP contribution in [0, 0.1) is 17.2 Å². The zero-order valence-corrected chi connectivity index (χ0v) is 23.6. The van der Waals surface area contributed by atoms with Crippen LogP contribution in [0.2, 0.25) is 0 Å². The third kappa shape index (κ3) is 7.74. The van der Waals surface area contributed by atoms with Crippen LogP contribution in [0.1, 0.15) is 35.4 Å². The number of nitrogens with zero attached hydrogens (tertiary/aromatic N) is 3. The number of hydrogen-bond donors (Lipinski definition) is 5. The number of amidine groups is 1. The van der Waals surface area contributed by atoms with Crippen LogP contribution in [0.15, 0.2) is 41.2 Å². The summed E-state index contributed by atoms with van der Waals surface area (Å²) in [5, 5.41) is 23.4. The highest BCUT2D eigenvalue weighted by molar-refractivity contribution is 7.17. The predicted molar refractivity (Wildman–Crippen MR) is 154 cm³/mol. The normalized spacial score (nSPS) is 16.7. The minimum Gasteiger partial charge on any atom is -0.494 e. The Bertz CT molecular complexity index is 1380. The van der Waals surface area contributed by atoms with Crippen LogP contribution in [0.4, 0.5) is 5.69 Å². The Morgan fingerprint density at radius 2 is 2.00 bits per heavy atom. The molecule has 4 rings (SSSR count). The molecule has 1 aromatic carbocycles. The molecule has 2 amide bonds. The molecule has 1 saturated heterocycles. The number of likely N-dealkylation sites (tertiary alicyclic amines) is 1. The molecule has 2 heterocycles. The number of piperidine rings is 1. The maximum atomic E-state index is 12.8. The average Bonchev–Trinajstić information content (AvgIpc) is 3.71. The highest BCUT2D eigenvalue weighted by atomic mass is 32.1. The van der Waals surface area contributed by atoms with E-state index in [1.54, 1.807) is 18.2 Å². The van der Waals surface area contributed by atoms with Gasteiger partial charge in [-0.2, -0.15) is 10.2 Å². The molecule has 0 unspecified atom stereocenters. The lowest BCUT2D eigenvalue weighted by molar-refractivity contribution is -0.225. The van der Waals surface area contributed by atoms with Crippen LogP contribution in [0.5, 0.6) is 5.75 Å². The number of carbonyl (C=O) groups excluding carboxylic acids is 3. The molecule has 2 aliphatic rings. The number of ether oxygens (including phenoxy) is 1. The number of hydrogen-bond acceptors (Lipinski definition) is 11. The number of methoxy groups -OCH3 is 1. The molecule has 2 fully saturated rings. The molecule has 1 aliphatic heterocycles. The summed E-state index contributed by atoms with van der Waals surface area (Å²) in [5.41, 5.74) is 5.80. The molecule has 0 spiro atoms. The number of thiazole rings is 1. The van der Waals surface area contributed by atoms with E-state index in [0.717, 1.165) is 44.8 Å². The number of aromatic nitrogens is 1. The van der Waals surface area contributed by atoms with Crippen molar-refractivity contribution in [2.24, 2.45) is 22.6 Å². The molecule has 41 heavy (non-hydrogen) atoms. The minimum atomic E-state index is -1.35. The Hall–Kier alpha value is -4.14. The summed E-state index contributed by atoms with van der Waals surface area (Å²) in [6.45, 7) is 2.65. The van der Waals surface area contributed by atoms with Crippen LogP contribution < -0.4 is 21.1 Å². The van der Waals surface area contributed by atoms with Gasteiger partial charge in [-0.15, -0.1) is 11.3 Å². The zero-order valence-electron chi connectivity index (χ0n) is 22.8. The van der Waals surface area contributed by atoms with Crippen LogP contribution in [-0.2, 0) is 14.5 Å². The van der Waals surface area contributed by atoms with Gasteiger partial charge in [-0.25, -0.2) is 9.78 Å². The van der Waals surface area contributed by atoms with Gasteiger partial charge in [0.2, 0.25) is 0 Å². The second-order valence-electron chi connectivity index (χ2n) is 9.96. The maximum Gasteiger partial charge on any atom is 0.392 e. The summed E-state index contributed by atoms with van der Waals surface area (Å²) >= 11 is 1.20. The highest BCUT2D eigenvalue weighted by Crippen LogP contribution is 2.39. The van der Waals surface area contributed by atoms with E-state index in [9.17, 15) is 14.4 Å². The van der Waals surface area contributed by atoms with Gasteiger partial charge >= 0.3 is 5.97 Å². The van der Waals surface area contributed by atoms with Gasteiger partial charge in [0.15, 0.2) is 11.5 Å². The number of nitrogens with two attached hydrogens (primary N) is 1. The lowest BCUT2D eigenvalue weighted by atomic mass is 9.97. The Labute approximate surface area is 240 Å². The van der Waals surface area contributed by atoms with E-state index in [0.29, 0.717) is 39.3 Å². The maximum absolute atomic E-state index is 12.8. The number of benzene rings is 1. The molecule has 1 aromatic heterocycles. The van der Waals surface area contributed by atoms with E-state index in [2.05, 4.69) is 37.4 Å². The van der Waals surface area contributed by atoms with Crippen molar-refractivity contribution in [3.8, 4) is 16.3 Å². The summed E-state index contributed by atoms with van der Waals surface area (Å²) in [4.78, 5) is 51.5. The average molecular weight is 584 g/mol. The van der Waals surface area contributed by atoms with Crippen molar-refractivity contribution in [1.82, 2.24) is 15.2 Å². The Morgan fingerprint density at radius 3 is 2.66 bits per heavy atom. The Morgan fingerprint density at radius 1 is 1.27 bits per heavy atom. The number of amides is 2. The molecule has 0 bridgehead atoms. The van der Waals surface area contributed by atoms with Gasteiger partial charge in [-0.3, -0.25) is 19.9 Å². The van der Waals surface area contributed by atoms with Crippen molar-refractivity contribution in [1.29, 1.82) is 5.41 Å². The molecule has 0 radical (unpaired) electrons. The molecule has 2 aromatic rings. The number of para-hydroxylation sites is 1. The van der Waals surface area contributed by atoms with Gasteiger partial charge in [-0.1, -0.05) is 6.07 Å². The Kier molecular flexibility index (Phi) is 9.81.